The van der Waals surface area contributed by atoms with E-state index in [1.165, 1.54) is 5.56 Å². The molecular weight excluding hydrogens is 204 g/mol. The molecule has 0 bridgehead atoms. The summed E-state index contributed by atoms with van der Waals surface area (Å²) in [7, 11) is 0. The van der Waals surface area contributed by atoms with E-state index >= 15 is 0 Å². The second kappa shape index (κ2) is 4.92. The Labute approximate surface area is 94.0 Å². The fourth-order valence-electron chi connectivity index (χ4n) is 1.71. The van der Waals surface area contributed by atoms with Gasteiger partial charge in [0.1, 0.15) is 0 Å². The van der Waals surface area contributed by atoms with Gasteiger partial charge in [-0.3, -0.25) is 10.6 Å². The van der Waals surface area contributed by atoms with Crippen LogP contribution < -0.4 is 10.6 Å². The Morgan fingerprint density at radius 3 is 2.44 bits per heavy atom. The van der Waals surface area contributed by atoms with E-state index in [-0.39, 0.29) is 6.17 Å². The zero-order chi connectivity index (χ0) is 11.4. The largest absolute Gasteiger partial charge is 0.478 e. The molecule has 0 aromatic heterocycles. The first-order valence-electron chi connectivity index (χ1n) is 5.23. The minimum atomic E-state index is -0.928. The van der Waals surface area contributed by atoms with Gasteiger partial charge >= 0.3 is 5.97 Å². The highest BCUT2D eigenvalue weighted by Crippen LogP contribution is 2.14. The summed E-state index contributed by atoms with van der Waals surface area (Å²) in [6.07, 6.45) is 2.94. The maximum atomic E-state index is 10.3. The van der Waals surface area contributed by atoms with Crippen LogP contribution in [-0.2, 0) is 4.79 Å². The number of rotatable bonds is 3. The number of nitrogens with one attached hydrogen (secondary N) is 2. The van der Waals surface area contributed by atoms with E-state index in [0.717, 1.165) is 24.7 Å². The number of aliphatic carboxylic acids is 1. The number of hydrogen-bond donors (Lipinski definition) is 3. The molecule has 1 aliphatic heterocycles. The summed E-state index contributed by atoms with van der Waals surface area (Å²) in [6, 6.07) is 7.82. The molecule has 4 nitrogen and oxygen atoms in total. The zero-order valence-electron chi connectivity index (χ0n) is 8.81. The van der Waals surface area contributed by atoms with Crippen LogP contribution in [0.5, 0.6) is 0 Å². The van der Waals surface area contributed by atoms with E-state index in [2.05, 4.69) is 10.6 Å². The number of carbonyl (C=O) groups is 1. The predicted molar refractivity (Wildman–Crippen MR) is 61.9 cm³/mol. The molecule has 0 spiro atoms. The maximum absolute atomic E-state index is 10.3. The van der Waals surface area contributed by atoms with Gasteiger partial charge in [0.25, 0.3) is 0 Å². The summed E-state index contributed by atoms with van der Waals surface area (Å²) in [5.41, 5.74) is 2.06. The normalized spacial score (nSPS) is 17.0. The molecule has 0 unspecified atom stereocenters. The Kier molecular flexibility index (Phi) is 3.34. The highest BCUT2D eigenvalue weighted by molar-refractivity contribution is 5.85. The fourth-order valence-corrected chi connectivity index (χ4v) is 1.71. The van der Waals surface area contributed by atoms with Crippen molar-refractivity contribution in [3.05, 3.63) is 41.5 Å². The van der Waals surface area contributed by atoms with E-state index in [9.17, 15) is 4.79 Å². The van der Waals surface area contributed by atoms with E-state index < -0.39 is 5.97 Å². The van der Waals surface area contributed by atoms with E-state index in [0.29, 0.717) is 0 Å². The van der Waals surface area contributed by atoms with Crippen molar-refractivity contribution in [2.24, 2.45) is 0 Å². The maximum Gasteiger partial charge on any atom is 0.328 e. The van der Waals surface area contributed by atoms with Crippen LogP contribution in [0.1, 0.15) is 17.3 Å². The topological polar surface area (TPSA) is 61.4 Å². The molecule has 0 atom stereocenters. The van der Waals surface area contributed by atoms with Crippen LogP contribution in [0.2, 0.25) is 0 Å². The van der Waals surface area contributed by atoms with Crippen molar-refractivity contribution < 1.29 is 9.90 Å². The molecule has 0 amide bonds. The van der Waals surface area contributed by atoms with Crippen molar-refractivity contribution in [3.63, 3.8) is 0 Å². The van der Waals surface area contributed by atoms with Gasteiger partial charge in [-0.05, 0) is 17.2 Å². The van der Waals surface area contributed by atoms with E-state index in [4.69, 9.17) is 5.11 Å². The molecule has 1 aliphatic rings. The minimum Gasteiger partial charge on any atom is -0.478 e. The molecule has 1 saturated heterocycles. The highest BCUT2D eigenvalue weighted by Gasteiger charge is 2.13. The van der Waals surface area contributed by atoms with Crippen molar-refractivity contribution in [1.82, 2.24) is 10.6 Å². The van der Waals surface area contributed by atoms with E-state index in [1.807, 2.05) is 24.3 Å². The first-order chi connectivity index (χ1) is 7.75. The molecule has 3 N–H and O–H groups in total. The molecule has 1 fully saturated rings. The Balaban J connectivity index is 2.06. The Morgan fingerprint density at radius 1 is 1.25 bits per heavy atom. The fraction of sp³-hybridized carbons (Fsp3) is 0.250. The lowest BCUT2D eigenvalue weighted by Crippen LogP contribution is -2.20. The van der Waals surface area contributed by atoms with Crippen LogP contribution in [0.15, 0.2) is 30.3 Å². The Morgan fingerprint density at radius 2 is 1.88 bits per heavy atom. The molecule has 0 aliphatic carbocycles. The van der Waals surface area contributed by atoms with Gasteiger partial charge in [0.15, 0.2) is 0 Å². The number of carboxylic acids is 1. The lowest BCUT2D eigenvalue weighted by molar-refractivity contribution is -0.131. The van der Waals surface area contributed by atoms with Crippen molar-refractivity contribution in [1.29, 1.82) is 0 Å². The summed E-state index contributed by atoms with van der Waals surface area (Å²) in [5.74, 6) is -0.928. The van der Waals surface area contributed by atoms with Crippen LogP contribution in [-0.4, -0.2) is 24.2 Å². The zero-order valence-corrected chi connectivity index (χ0v) is 8.81. The molecule has 4 heteroatoms. The van der Waals surface area contributed by atoms with Crippen LogP contribution in [0.25, 0.3) is 6.08 Å². The average Bonchev–Trinajstić information content (AvgIpc) is 2.80. The second-order valence-electron chi connectivity index (χ2n) is 3.68. The van der Waals surface area contributed by atoms with Crippen molar-refractivity contribution in [2.75, 3.05) is 13.1 Å². The van der Waals surface area contributed by atoms with E-state index in [1.54, 1.807) is 6.08 Å². The molecule has 1 aromatic rings. The summed E-state index contributed by atoms with van der Waals surface area (Å²) in [5, 5.41) is 15.1. The SMILES string of the molecule is O=C(O)C=Cc1ccc(C2NCCN2)cc1. The molecule has 1 aromatic carbocycles. The number of carboxylic acid groups (broad SMARTS) is 1. The first kappa shape index (κ1) is 10.9. The first-order valence-corrected chi connectivity index (χ1v) is 5.23. The summed E-state index contributed by atoms with van der Waals surface area (Å²) >= 11 is 0. The average molecular weight is 218 g/mol. The molecular formula is C12H14N2O2. The third kappa shape index (κ3) is 2.68. The minimum absolute atomic E-state index is 0.220. The summed E-state index contributed by atoms with van der Waals surface area (Å²) < 4.78 is 0. The van der Waals surface area contributed by atoms with Crippen molar-refractivity contribution in [2.45, 2.75) is 6.17 Å². The Hall–Kier alpha value is -1.65. The predicted octanol–water partition coefficient (Wildman–Crippen LogP) is 0.976. The lowest BCUT2D eigenvalue weighted by atomic mass is 10.1. The molecule has 84 valence electrons. The van der Waals surface area contributed by atoms with Crippen LogP contribution >= 0.6 is 0 Å². The van der Waals surface area contributed by atoms with Crippen LogP contribution in [0, 0.1) is 0 Å². The molecule has 0 radical (unpaired) electrons. The molecule has 16 heavy (non-hydrogen) atoms. The van der Waals surface area contributed by atoms with Gasteiger partial charge < -0.3 is 5.11 Å². The van der Waals surface area contributed by atoms with Gasteiger partial charge in [0.2, 0.25) is 0 Å². The van der Waals surface area contributed by atoms with Crippen LogP contribution in [0.4, 0.5) is 0 Å². The summed E-state index contributed by atoms with van der Waals surface area (Å²) in [6.45, 7) is 1.96. The van der Waals surface area contributed by atoms with Crippen molar-refractivity contribution >= 4 is 12.0 Å². The van der Waals surface area contributed by atoms with Crippen LogP contribution in [0.3, 0.4) is 0 Å². The van der Waals surface area contributed by atoms with Gasteiger partial charge in [-0.2, -0.15) is 0 Å². The molecule has 0 saturated carbocycles. The second-order valence-corrected chi connectivity index (χ2v) is 3.68. The van der Waals surface area contributed by atoms with Gasteiger partial charge in [0.05, 0.1) is 6.17 Å². The standard InChI is InChI=1S/C12H14N2O2/c15-11(16)6-3-9-1-4-10(5-2-9)12-13-7-8-14-12/h1-6,12-14H,7-8H2,(H,15,16). The quantitative estimate of drug-likeness (QED) is 0.662. The third-order valence-electron chi connectivity index (χ3n) is 2.51. The Bertz CT molecular complexity index is 392. The highest BCUT2D eigenvalue weighted by atomic mass is 16.4. The monoisotopic (exact) mass is 218 g/mol. The van der Waals surface area contributed by atoms with Gasteiger partial charge in [-0.25, -0.2) is 4.79 Å². The lowest BCUT2D eigenvalue weighted by Gasteiger charge is -2.10. The van der Waals surface area contributed by atoms with Crippen molar-refractivity contribution in [3.8, 4) is 0 Å². The van der Waals surface area contributed by atoms with Gasteiger partial charge in [-0.1, -0.05) is 24.3 Å². The smallest absolute Gasteiger partial charge is 0.328 e. The third-order valence-corrected chi connectivity index (χ3v) is 2.51. The summed E-state index contributed by atoms with van der Waals surface area (Å²) in [4.78, 5) is 10.3. The number of hydrogen-bond acceptors (Lipinski definition) is 3. The van der Waals surface area contributed by atoms with Gasteiger partial charge in [-0.15, -0.1) is 0 Å². The number of benzene rings is 1. The van der Waals surface area contributed by atoms with Gasteiger partial charge in [0, 0.05) is 19.2 Å². The molecule has 1 heterocycles. The molecule has 2 rings (SSSR count).